The van der Waals surface area contributed by atoms with Gasteiger partial charge in [-0.2, -0.15) is 0 Å². The Morgan fingerprint density at radius 3 is 2.33 bits per heavy atom. The van der Waals surface area contributed by atoms with E-state index in [1.807, 2.05) is 16.7 Å². The molecule has 0 N–H and O–H groups in total. The third-order valence-electron chi connectivity index (χ3n) is 5.30. The molecule has 1 aliphatic heterocycles. The number of allylic oxidation sites excluding steroid dienone is 1. The van der Waals surface area contributed by atoms with Crippen LogP contribution in [0.25, 0.3) is 0 Å². The molecular weight excluding hydrogens is 344 g/mol. The summed E-state index contributed by atoms with van der Waals surface area (Å²) in [6, 6.07) is 5.20. The zero-order chi connectivity index (χ0) is 19.4. The van der Waals surface area contributed by atoms with E-state index in [1.54, 1.807) is 38.5 Å². The summed E-state index contributed by atoms with van der Waals surface area (Å²) >= 11 is 0. The minimum absolute atomic E-state index is 0.0463. The van der Waals surface area contributed by atoms with E-state index in [0.29, 0.717) is 49.2 Å². The van der Waals surface area contributed by atoms with Crippen LogP contribution in [0, 0.1) is 5.92 Å². The molecule has 1 aromatic rings. The van der Waals surface area contributed by atoms with Crippen molar-refractivity contribution in [3.8, 4) is 11.5 Å². The van der Waals surface area contributed by atoms with Crippen molar-refractivity contribution in [1.29, 1.82) is 0 Å². The molecule has 6 nitrogen and oxygen atoms in total. The number of amides is 2. The SMILES string of the molecule is COc1ccc(C(=O)N2CCCN(C(=O)/C=C(\C)C3CC3)CC2)cc1OC. The summed E-state index contributed by atoms with van der Waals surface area (Å²) in [5, 5.41) is 0. The molecule has 1 saturated carbocycles. The summed E-state index contributed by atoms with van der Waals surface area (Å²) in [5.74, 6) is 1.76. The highest BCUT2D eigenvalue weighted by molar-refractivity contribution is 5.95. The summed E-state index contributed by atoms with van der Waals surface area (Å²) in [6.45, 7) is 4.47. The van der Waals surface area contributed by atoms with Gasteiger partial charge < -0.3 is 19.3 Å². The lowest BCUT2D eigenvalue weighted by Gasteiger charge is -2.22. The van der Waals surface area contributed by atoms with E-state index in [0.717, 1.165) is 6.42 Å². The molecule has 2 amide bonds. The quantitative estimate of drug-likeness (QED) is 0.746. The van der Waals surface area contributed by atoms with Crippen LogP contribution in [-0.4, -0.2) is 62.0 Å². The van der Waals surface area contributed by atoms with Gasteiger partial charge in [-0.25, -0.2) is 0 Å². The Hall–Kier alpha value is -2.50. The molecule has 0 aromatic heterocycles. The first-order chi connectivity index (χ1) is 13.0. The lowest BCUT2D eigenvalue weighted by atomic mass is 10.1. The second-order valence-corrected chi connectivity index (χ2v) is 7.20. The van der Waals surface area contributed by atoms with E-state index >= 15 is 0 Å². The molecule has 0 unspecified atom stereocenters. The standard InChI is InChI=1S/C21H28N2O4/c1-15(16-5-6-16)13-20(24)22-9-4-10-23(12-11-22)21(25)17-7-8-18(26-2)19(14-17)27-3/h7-8,13-14,16H,4-6,9-12H2,1-3H3/b15-13+. The second-order valence-electron chi connectivity index (χ2n) is 7.20. The van der Waals surface area contributed by atoms with Crippen LogP contribution < -0.4 is 9.47 Å². The van der Waals surface area contributed by atoms with Crippen LogP contribution in [0.15, 0.2) is 29.8 Å². The number of carbonyl (C=O) groups excluding carboxylic acids is 2. The fourth-order valence-corrected chi connectivity index (χ4v) is 3.44. The van der Waals surface area contributed by atoms with Gasteiger partial charge in [-0.05, 0) is 50.3 Å². The average Bonchev–Trinajstić information content (AvgIpc) is 3.53. The fourth-order valence-electron chi connectivity index (χ4n) is 3.44. The summed E-state index contributed by atoms with van der Waals surface area (Å²) in [4.78, 5) is 29.1. The minimum atomic E-state index is -0.0463. The van der Waals surface area contributed by atoms with E-state index in [-0.39, 0.29) is 11.8 Å². The maximum absolute atomic E-state index is 12.9. The third-order valence-corrected chi connectivity index (χ3v) is 5.30. The number of hydrogen-bond acceptors (Lipinski definition) is 4. The normalized spacial score (nSPS) is 18.1. The predicted octanol–water partition coefficient (Wildman–Crippen LogP) is 2.73. The number of nitrogens with zero attached hydrogens (tertiary/aromatic N) is 2. The van der Waals surface area contributed by atoms with Crippen molar-refractivity contribution in [3.05, 3.63) is 35.4 Å². The highest BCUT2D eigenvalue weighted by Gasteiger charge is 2.26. The zero-order valence-corrected chi connectivity index (χ0v) is 16.4. The maximum atomic E-state index is 12.9. The Morgan fingerprint density at radius 1 is 1.00 bits per heavy atom. The molecule has 0 spiro atoms. The zero-order valence-electron chi connectivity index (χ0n) is 16.4. The molecule has 1 aromatic carbocycles. The molecule has 3 rings (SSSR count). The maximum Gasteiger partial charge on any atom is 0.254 e. The van der Waals surface area contributed by atoms with Gasteiger partial charge in [0, 0.05) is 37.8 Å². The number of rotatable bonds is 5. The third kappa shape index (κ3) is 4.62. The van der Waals surface area contributed by atoms with E-state index in [4.69, 9.17) is 9.47 Å². The van der Waals surface area contributed by atoms with Gasteiger partial charge in [0.25, 0.3) is 5.91 Å². The van der Waals surface area contributed by atoms with Crippen molar-refractivity contribution in [3.63, 3.8) is 0 Å². The summed E-state index contributed by atoms with van der Waals surface area (Å²) in [7, 11) is 3.12. The lowest BCUT2D eigenvalue weighted by Crippen LogP contribution is -2.36. The van der Waals surface area contributed by atoms with Crippen LogP contribution >= 0.6 is 0 Å². The first kappa shape index (κ1) is 19.3. The Balaban J connectivity index is 1.64. The molecule has 27 heavy (non-hydrogen) atoms. The highest BCUT2D eigenvalue weighted by atomic mass is 16.5. The monoisotopic (exact) mass is 372 g/mol. The van der Waals surface area contributed by atoms with Gasteiger partial charge in [-0.3, -0.25) is 9.59 Å². The van der Waals surface area contributed by atoms with E-state index in [9.17, 15) is 9.59 Å². The van der Waals surface area contributed by atoms with Crippen LogP contribution in [-0.2, 0) is 4.79 Å². The highest BCUT2D eigenvalue weighted by Crippen LogP contribution is 2.36. The summed E-state index contributed by atoms with van der Waals surface area (Å²) < 4.78 is 10.5. The van der Waals surface area contributed by atoms with E-state index in [2.05, 4.69) is 0 Å². The largest absolute Gasteiger partial charge is 0.493 e. The molecule has 0 radical (unpaired) electrons. The first-order valence-electron chi connectivity index (χ1n) is 9.52. The van der Waals surface area contributed by atoms with Crippen LogP contribution in [0.4, 0.5) is 0 Å². The molecule has 1 heterocycles. The Labute approximate surface area is 160 Å². The summed E-state index contributed by atoms with van der Waals surface area (Å²) in [5.41, 5.74) is 1.75. The van der Waals surface area contributed by atoms with Gasteiger partial charge in [0.2, 0.25) is 5.91 Å². The van der Waals surface area contributed by atoms with Gasteiger partial charge in [0.05, 0.1) is 14.2 Å². The number of methoxy groups -OCH3 is 2. The Morgan fingerprint density at radius 2 is 1.67 bits per heavy atom. The fraction of sp³-hybridized carbons (Fsp3) is 0.524. The van der Waals surface area contributed by atoms with Gasteiger partial charge >= 0.3 is 0 Å². The molecule has 146 valence electrons. The predicted molar refractivity (Wildman–Crippen MR) is 103 cm³/mol. The van der Waals surface area contributed by atoms with Crippen molar-refractivity contribution in [2.75, 3.05) is 40.4 Å². The van der Waals surface area contributed by atoms with Crippen LogP contribution in [0.5, 0.6) is 11.5 Å². The number of hydrogen-bond donors (Lipinski definition) is 0. The van der Waals surface area contributed by atoms with Gasteiger partial charge in [-0.1, -0.05) is 5.57 Å². The molecule has 6 heteroatoms. The van der Waals surface area contributed by atoms with Crippen molar-refractivity contribution in [2.45, 2.75) is 26.2 Å². The molecule has 0 atom stereocenters. The molecule has 1 saturated heterocycles. The number of benzene rings is 1. The van der Waals surface area contributed by atoms with Crippen LogP contribution in [0.3, 0.4) is 0 Å². The smallest absolute Gasteiger partial charge is 0.254 e. The lowest BCUT2D eigenvalue weighted by molar-refractivity contribution is -0.125. The van der Waals surface area contributed by atoms with Gasteiger partial charge in [0.15, 0.2) is 11.5 Å². The topological polar surface area (TPSA) is 59.1 Å². The molecule has 1 aliphatic carbocycles. The first-order valence-corrected chi connectivity index (χ1v) is 9.52. The van der Waals surface area contributed by atoms with Gasteiger partial charge in [0.1, 0.15) is 0 Å². The van der Waals surface area contributed by atoms with E-state index in [1.165, 1.54) is 18.4 Å². The van der Waals surface area contributed by atoms with Crippen LogP contribution in [0.2, 0.25) is 0 Å². The van der Waals surface area contributed by atoms with Crippen molar-refractivity contribution >= 4 is 11.8 Å². The number of ether oxygens (including phenoxy) is 2. The van der Waals surface area contributed by atoms with Crippen molar-refractivity contribution in [2.24, 2.45) is 5.92 Å². The van der Waals surface area contributed by atoms with Crippen molar-refractivity contribution < 1.29 is 19.1 Å². The minimum Gasteiger partial charge on any atom is -0.493 e. The number of carbonyl (C=O) groups is 2. The summed E-state index contributed by atoms with van der Waals surface area (Å²) in [6.07, 6.45) is 4.96. The molecular formula is C21H28N2O4. The Bertz CT molecular complexity index is 740. The van der Waals surface area contributed by atoms with Gasteiger partial charge in [-0.15, -0.1) is 0 Å². The average molecular weight is 372 g/mol. The van der Waals surface area contributed by atoms with E-state index < -0.39 is 0 Å². The molecule has 0 bridgehead atoms. The second kappa shape index (κ2) is 8.46. The van der Waals surface area contributed by atoms with Crippen molar-refractivity contribution in [1.82, 2.24) is 9.80 Å². The van der Waals surface area contributed by atoms with Crippen LogP contribution in [0.1, 0.15) is 36.5 Å². The molecule has 2 fully saturated rings. The Kier molecular flexibility index (Phi) is 6.04. The molecule has 2 aliphatic rings.